The lowest BCUT2D eigenvalue weighted by Crippen LogP contribution is -2.21. The molecule has 0 unspecified atom stereocenters. The number of furan rings is 1. The summed E-state index contributed by atoms with van der Waals surface area (Å²) in [6, 6.07) is 9.12. The lowest BCUT2D eigenvalue weighted by molar-refractivity contribution is -0.137. The average molecular weight is 417 g/mol. The molecule has 30 heavy (non-hydrogen) atoms. The van der Waals surface area contributed by atoms with Crippen molar-refractivity contribution in [3.8, 4) is 12.0 Å². The van der Waals surface area contributed by atoms with Crippen LogP contribution in [0.5, 0.6) is 0 Å². The number of anilines is 1. The molecule has 0 aliphatic rings. The number of carbonyl (C=O) groups excluding carboxylic acids is 2. The van der Waals surface area contributed by atoms with Crippen LogP contribution in [-0.4, -0.2) is 23.1 Å². The highest BCUT2D eigenvalue weighted by atomic mass is 19.4. The Labute approximate surface area is 168 Å². The van der Waals surface area contributed by atoms with Crippen molar-refractivity contribution in [2.45, 2.75) is 13.1 Å². The Balaban J connectivity index is 1.66. The van der Waals surface area contributed by atoms with Gasteiger partial charge in [0.25, 0.3) is 5.91 Å². The Morgan fingerprint density at radius 2 is 1.83 bits per heavy atom. The van der Waals surface area contributed by atoms with Crippen LogP contribution in [0, 0.1) is 18.3 Å². The maximum absolute atomic E-state index is 12.6. The third kappa shape index (κ3) is 4.35. The van der Waals surface area contributed by atoms with Crippen LogP contribution < -0.4 is 5.32 Å². The zero-order valence-corrected chi connectivity index (χ0v) is 15.5. The highest BCUT2D eigenvalue weighted by Crippen LogP contribution is 2.30. The molecule has 154 valence electrons. The van der Waals surface area contributed by atoms with Crippen LogP contribution in [0.25, 0.3) is 5.88 Å². The molecular formula is C20H14F3N3O4. The van der Waals surface area contributed by atoms with Crippen LogP contribution in [0.15, 0.2) is 53.2 Å². The minimum atomic E-state index is -4.49. The Morgan fingerprint density at radius 1 is 1.20 bits per heavy atom. The molecule has 0 aliphatic heterocycles. The number of esters is 1. The van der Waals surface area contributed by atoms with Gasteiger partial charge in [0.2, 0.25) is 5.88 Å². The van der Waals surface area contributed by atoms with Gasteiger partial charge in [0, 0.05) is 18.1 Å². The van der Waals surface area contributed by atoms with E-state index in [-0.39, 0.29) is 28.5 Å². The second-order valence-corrected chi connectivity index (χ2v) is 6.11. The number of ether oxygens (including phenoxy) is 1. The number of rotatable bonds is 5. The Morgan fingerprint density at radius 3 is 2.40 bits per heavy atom. The number of nitrogens with zero attached hydrogens (tertiary/aromatic N) is 2. The van der Waals surface area contributed by atoms with Crippen LogP contribution in [0.3, 0.4) is 0 Å². The van der Waals surface area contributed by atoms with E-state index in [9.17, 15) is 28.0 Å². The van der Waals surface area contributed by atoms with Crippen molar-refractivity contribution in [1.29, 1.82) is 5.26 Å². The largest absolute Gasteiger partial charge is 0.452 e. The van der Waals surface area contributed by atoms with E-state index in [4.69, 9.17) is 9.15 Å². The Hall–Kier alpha value is -4.00. The molecule has 0 saturated heterocycles. The number of amides is 1. The molecule has 2 heterocycles. The second kappa shape index (κ2) is 8.16. The summed E-state index contributed by atoms with van der Waals surface area (Å²) in [6.45, 7) is 0.779. The first kappa shape index (κ1) is 20.7. The molecule has 0 aliphatic carbocycles. The third-order valence-corrected chi connectivity index (χ3v) is 4.05. The Bertz CT molecular complexity index is 1110. The number of nitriles is 1. The third-order valence-electron chi connectivity index (χ3n) is 4.05. The van der Waals surface area contributed by atoms with E-state index < -0.39 is 30.2 Å². The number of benzene rings is 1. The van der Waals surface area contributed by atoms with Crippen LogP contribution in [-0.2, 0) is 15.7 Å². The molecule has 7 nitrogen and oxygen atoms in total. The fourth-order valence-electron chi connectivity index (χ4n) is 2.67. The van der Waals surface area contributed by atoms with Crippen molar-refractivity contribution >= 4 is 17.6 Å². The highest BCUT2D eigenvalue weighted by Gasteiger charge is 2.30. The number of aryl methyl sites for hydroxylation is 1. The first-order chi connectivity index (χ1) is 14.2. The van der Waals surface area contributed by atoms with Gasteiger partial charge in [-0.1, -0.05) is 0 Å². The number of alkyl halides is 3. The van der Waals surface area contributed by atoms with Gasteiger partial charge in [0.1, 0.15) is 23.0 Å². The number of hydrogen-bond acceptors (Lipinski definition) is 5. The maximum Gasteiger partial charge on any atom is 0.416 e. The predicted molar refractivity (Wildman–Crippen MR) is 97.8 cm³/mol. The second-order valence-electron chi connectivity index (χ2n) is 6.11. The lowest BCUT2D eigenvalue weighted by atomic mass is 10.1. The molecule has 1 amide bonds. The molecule has 0 saturated carbocycles. The van der Waals surface area contributed by atoms with E-state index >= 15 is 0 Å². The quantitative estimate of drug-likeness (QED) is 0.632. The zero-order valence-electron chi connectivity index (χ0n) is 15.5. The van der Waals surface area contributed by atoms with Crippen molar-refractivity contribution in [1.82, 2.24) is 4.57 Å². The topological polar surface area (TPSA) is 97.3 Å². The average Bonchev–Trinajstić information content (AvgIpc) is 3.33. The van der Waals surface area contributed by atoms with Crippen LogP contribution in [0.1, 0.15) is 27.2 Å². The summed E-state index contributed by atoms with van der Waals surface area (Å²) >= 11 is 0. The molecule has 1 aromatic carbocycles. The highest BCUT2D eigenvalue weighted by molar-refractivity contribution is 5.97. The van der Waals surface area contributed by atoms with Gasteiger partial charge in [-0.15, -0.1) is 0 Å². The van der Waals surface area contributed by atoms with Crippen LogP contribution in [0.2, 0.25) is 0 Å². The number of carbonyl (C=O) groups is 2. The maximum atomic E-state index is 12.6. The van der Waals surface area contributed by atoms with Gasteiger partial charge in [-0.3, -0.25) is 9.36 Å². The van der Waals surface area contributed by atoms with Gasteiger partial charge in [-0.2, -0.15) is 18.4 Å². The van der Waals surface area contributed by atoms with Crippen LogP contribution >= 0.6 is 0 Å². The first-order valence-corrected chi connectivity index (χ1v) is 8.51. The number of aromatic nitrogens is 1. The SMILES string of the molecule is Cc1oc(-n2cccc2)c(C#N)c1C(=O)OCC(=O)Nc1ccc(C(F)(F)F)cc1. The van der Waals surface area contributed by atoms with Gasteiger partial charge in [-0.05, 0) is 43.3 Å². The minimum Gasteiger partial charge on any atom is -0.452 e. The van der Waals surface area contributed by atoms with Crippen molar-refractivity contribution in [2.75, 3.05) is 11.9 Å². The van der Waals surface area contributed by atoms with E-state index in [1.165, 1.54) is 11.5 Å². The van der Waals surface area contributed by atoms with Gasteiger partial charge < -0.3 is 14.5 Å². The fraction of sp³-hybridized carbons (Fsp3) is 0.150. The number of nitrogens with one attached hydrogen (secondary N) is 1. The summed E-state index contributed by atoms with van der Waals surface area (Å²) in [5.41, 5.74) is -0.901. The van der Waals surface area contributed by atoms with E-state index in [1.807, 2.05) is 6.07 Å². The summed E-state index contributed by atoms with van der Waals surface area (Å²) in [4.78, 5) is 24.4. The van der Waals surface area contributed by atoms with Gasteiger partial charge in [-0.25, -0.2) is 4.79 Å². The van der Waals surface area contributed by atoms with Crippen LogP contribution in [0.4, 0.5) is 18.9 Å². The van der Waals surface area contributed by atoms with Crippen molar-refractivity contribution in [3.05, 3.63) is 71.2 Å². The van der Waals surface area contributed by atoms with E-state index in [0.29, 0.717) is 0 Å². The standard InChI is InChI=1S/C20H14F3N3O4/c1-12-17(15(10-24)18(30-12)26-8-2-3-9-26)19(28)29-11-16(27)25-14-6-4-13(5-7-14)20(21,22)23/h2-9H,11H2,1H3,(H,25,27). The monoisotopic (exact) mass is 417 g/mol. The molecular weight excluding hydrogens is 403 g/mol. The van der Waals surface area contributed by atoms with E-state index in [0.717, 1.165) is 24.3 Å². The normalized spacial score (nSPS) is 11.0. The predicted octanol–water partition coefficient (Wildman–Crippen LogP) is 4.06. The summed E-state index contributed by atoms with van der Waals surface area (Å²) in [5.74, 6) is -1.41. The summed E-state index contributed by atoms with van der Waals surface area (Å²) in [5, 5.41) is 11.7. The van der Waals surface area contributed by atoms with E-state index in [1.54, 1.807) is 24.5 Å². The molecule has 0 fully saturated rings. The minimum absolute atomic E-state index is 0.0446. The van der Waals surface area contributed by atoms with Crippen molar-refractivity contribution in [2.24, 2.45) is 0 Å². The molecule has 0 spiro atoms. The summed E-state index contributed by atoms with van der Waals surface area (Å²) < 4.78 is 49.6. The molecule has 0 radical (unpaired) electrons. The molecule has 0 atom stereocenters. The van der Waals surface area contributed by atoms with Gasteiger partial charge >= 0.3 is 12.1 Å². The Kier molecular flexibility index (Phi) is 5.64. The van der Waals surface area contributed by atoms with Crippen molar-refractivity contribution < 1.29 is 31.9 Å². The fourth-order valence-corrected chi connectivity index (χ4v) is 2.67. The first-order valence-electron chi connectivity index (χ1n) is 8.51. The molecule has 3 aromatic rings. The number of halogens is 3. The summed E-state index contributed by atoms with van der Waals surface area (Å²) in [6.07, 6.45) is -1.23. The number of hydrogen-bond donors (Lipinski definition) is 1. The smallest absolute Gasteiger partial charge is 0.416 e. The molecule has 10 heteroatoms. The van der Waals surface area contributed by atoms with Gasteiger partial charge in [0.15, 0.2) is 6.61 Å². The molecule has 1 N–H and O–H groups in total. The zero-order chi connectivity index (χ0) is 21.9. The summed E-state index contributed by atoms with van der Waals surface area (Å²) in [7, 11) is 0. The molecule has 2 aromatic heterocycles. The van der Waals surface area contributed by atoms with E-state index in [2.05, 4.69) is 5.32 Å². The molecule has 3 rings (SSSR count). The lowest BCUT2D eigenvalue weighted by Gasteiger charge is -2.09. The molecule has 0 bridgehead atoms. The van der Waals surface area contributed by atoms with Crippen molar-refractivity contribution in [3.63, 3.8) is 0 Å². The van der Waals surface area contributed by atoms with Gasteiger partial charge in [0.05, 0.1) is 5.56 Å².